The van der Waals surface area contributed by atoms with Crippen LogP contribution in [0.4, 0.5) is 0 Å². The van der Waals surface area contributed by atoms with Crippen molar-refractivity contribution in [3.63, 3.8) is 0 Å². The maximum atomic E-state index is 12.0. The minimum absolute atomic E-state index is 0.160. The molecular weight excluding hydrogens is 318 g/mol. The van der Waals surface area contributed by atoms with Crippen LogP contribution >= 0.6 is 11.6 Å². The Hall–Kier alpha value is -1.63. The van der Waals surface area contributed by atoms with Crippen LogP contribution in [0.1, 0.15) is 23.2 Å². The number of hydrogen-bond acceptors (Lipinski definition) is 4. The van der Waals surface area contributed by atoms with Crippen molar-refractivity contribution in [3.05, 3.63) is 34.9 Å². The van der Waals surface area contributed by atoms with E-state index in [-0.39, 0.29) is 17.7 Å². The SMILES string of the molecule is N[C@@H](C(=O)NCCNC(=O)c1ccc(Cl)cc1)C1CCOCC1. The number of halogens is 1. The minimum Gasteiger partial charge on any atom is -0.381 e. The average molecular weight is 340 g/mol. The maximum absolute atomic E-state index is 12.0. The molecule has 1 atom stereocenters. The highest BCUT2D eigenvalue weighted by atomic mass is 35.5. The third-order valence-electron chi connectivity index (χ3n) is 3.89. The highest BCUT2D eigenvalue weighted by molar-refractivity contribution is 6.30. The van der Waals surface area contributed by atoms with Gasteiger partial charge in [-0.2, -0.15) is 0 Å². The van der Waals surface area contributed by atoms with E-state index >= 15 is 0 Å². The van der Waals surface area contributed by atoms with Crippen LogP contribution in [0.25, 0.3) is 0 Å². The molecule has 4 N–H and O–H groups in total. The molecule has 23 heavy (non-hydrogen) atoms. The van der Waals surface area contributed by atoms with Crippen molar-refractivity contribution in [3.8, 4) is 0 Å². The maximum Gasteiger partial charge on any atom is 0.251 e. The third-order valence-corrected chi connectivity index (χ3v) is 4.14. The summed E-state index contributed by atoms with van der Waals surface area (Å²) in [5, 5.41) is 6.07. The molecule has 1 aromatic rings. The van der Waals surface area contributed by atoms with Crippen molar-refractivity contribution in [2.75, 3.05) is 26.3 Å². The second-order valence-electron chi connectivity index (χ2n) is 5.53. The van der Waals surface area contributed by atoms with Crippen LogP contribution in [0.3, 0.4) is 0 Å². The number of hydrogen-bond donors (Lipinski definition) is 3. The number of nitrogens with one attached hydrogen (secondary N) is 2. The monoisotopic (exact) mass is 339 g/mol. The topological polar surface area (TPSA) is 93.5 Å². The zero-order chi connectivity index (χ0) is 16.7. The summed E-state index contributed by atoms with van der Waals surface area (Å²) in [5.74, 6) is -0.227. The third kappa shape index (κ3) is 5.49. The van der Waals surface area contributed by atoms with E-state index in [0.29, 0.717) is 36.9 Å². The Labute approximate surface area is 140 Å². The molecule has 0 aliphatic carbocycles. The molecule has 1 heterocycles. The molecular formula is C16H22ClN3O3. The largest absolute Gasteiger partial charge is 0.381 e. The molecule has 0 spiro atoms. The standard InChI is InChI=1S/C16H22ClN3O3/c17-13-3-1-12(2-4-13)15(21)19-7-8-20-16(22)14(18)11-5-9-23-10-6-11/h1-4,11,14H,5-10,18H2,(H,19,21)(H,20,22)/t14-/m1/s1. The summed E-state index contributed by atoms with van der Waals surface area (Å²) >= 11 is 5.77. The van der Waals surface area contributed by atoms with Crippen molar-refractivity contribution < 1.29 is 14.3 Å². The molecule has 0 saturated carbocycles. The van der Waals surface area contributed by atoms with Crippen LogP contribution in [-0.4, -0.2) is 44.2 Å². The molecule has 0 aromatic heterocycles. The molecule has 2 amide bonds. The minimum atomic E-state index is -0.522. The summed E-state index contributed by atoms with van der Waals surface area (Å²) in [6, 6.07) is 6.09. The molecule has 126 valence electrons. The number of benzene rings is 1. The lowest BCUT2D eigenvalue weighted by Crippen LogP contribution is -2.48. The van der Waals surface area contributed by atoms with Gasteiger partial charge in [-0.1, -0.05) is 11.6 Å². The Balaban J connectivity index is 1.67. The van der Waals surface area contributed by atoms with Gasteiger partial charge in [0.2, 0.25) is 5.91 Å². The van der Waals surface area contributed by atoms with E-state index in [1.54, 1.807) is 24.3 Å². The second-order valence-corrected chi connectivity index (χ2v) is 5.97. The Morgan fingerprint density at radius 1 is 1.17 bits per heavy atom. The van der Waals surface area contributed by atoms with Gasteiger partial charge < -0.3 is 21.1 Å². The first-order valence-electron chi connectivity index (χ1n) is 7.72. The zero-order valence-corrected chi connectivity index (χ0v) is 13.6. The van der Waals surface area contributed by atoms with Gasteiger partial charge in [0.05, 0.1) is 6.04 Å². The summed E-state index contributed by atoms with van der Waals surface area (Å²) in [6.07, 6.45) is 1.61. The van der Waals surface area contributed by atoms with Gasteiger partial charge in [-0.15, -0.1) is 0 Å². The molecule has 1 saturated heterocycles. The summed E-state index contributed by atoms with van der Waals surface area (Å²) in [4.78, 5) is 23.9. The summed E-state index contributed by atoms with van der Waals surface area (Å²) < 4.78 is 5.26. The van der Waals surface area contributed by atoms with Gasteiger partial charge in [-0.3, -0.25) is 9.59 Å². The number of carbonyl (C=O) groups excluding carboxylic acids is 2. The average Bonchev–Trinajstić information content (AvgIpc) is 2.59. The Bertz CT molecular complexity index is 530. The Kier molecular flexibility index (Phi) is 6.83. The van der Waals surface area contributed by atoms with Gasteiger partial charge in [0.1, 0.15) is 0 Å². The summed E-state index contributed by atoms with van der Waals surface area (Å²) in [5.41, 5.74) is 6.50. The molecule has 1 aromatic carbocycles. The number of nitrogens with two attached hydrogens (primary N) is 1. The first-order chi connectivity index (χ1) is 11.1. The van der Waals surface area contributed by atoms with E-state index < -0.39 is 6.04 Å². The quantitative estimate of drug-likeness (QED) is 0.672. The molecule has 0 radical (unpaired) electrons. The Morgan fingerprint density at radius 2 is 1.78 bits per heavy atom. The molecule has 2 rings (SSSR count). The van der Waals surface area contributed by atoms with Crippen LogP contribution in [0.5, 0.6) is 0 Å². The van der Waals surface area contributed by atoms with Crippen molar-refractivity contribution in [1.82, 2.24) is 10.6 Å². The smallest absolute Gasteiger partial charge is 0.251 e. The molecule has 7 heteroatoms. The van der Waals surface area contributed by atoms with E-state index in [4.69, 9.17) is 22.1 Å². The van der Waals surface area contributed by atoms with Gasteiger partial charge in [0.25, 0.3) is 5.91 Å². The molecule has 1 aliphatic heterocycles. The van der Waals surface area contributed by atoms with Gasteiger partial charge in [-0.25, -0.2) is 0 Å². The first kappa shape index (κ1) is 17.7. The lowest BCUT2D eigenvalue weighted by atomic mass is 9.92. The first-order valence-corrected chi connectivity index (χ1v) is 8.10. The summed E-state index contributed by atoms with van der Waals surface area (Å²) in [6.45, 7) is 1.99. The van der Waals surface area contributed by atoms with Gasteiger partial charge in [0.15, 0.2) is 0 Å². The van der Waals surface area contributed by atoms with Crippen LogP contribution in [0.2, 0.25) is 5.02 Å². The fourth-order valence-electron chi connectivity index (χ4n) is 2.47. The fourth-order valence-corrected chi connectivity index (χ4v) is 2.60. The van der Waals surface area contributed by atoms with Crippen LogP contribution < -0.4 is 16.4 Å². The van der Waals surface area contributed by atoms with Crippen molar-refractivity contribution in [2.45, 2.75) is 18.9 Å². The second kappa shape index (κ2) is 8.86. The van der Waals surface area contributed by atoms with E-state index in [9.17, 15) is 9.59 Å². The highest BCUT2D eigenvalue weighted by Crippen LogP contribution is 2.17. The molecule has 0 bridgehead atoms. The van der Waals surface area contributed by atoms with Crippen molar-refractivity contribution in [1.29, 1.82) is 0 Å². The van der Waals surface area contributed by atoms with Crippen LogP contribution in [-0.2, 0) is 9.53 Å². The predicted molar refractivity (Wildman–Crippen MR) is 88.3 cm³/mol. The van der Waals surface area contributed by atoms with Gasteiger partial charge in [-0.05, 0) is 43.0 Å². The van der Waals surface area contributed by atoms with Crippen LogP contribution in [0, 0.1) is 5.92 Å². The van der Waals surface area contributed by atoms with Crippen LogP contribution in [0.15, 0.2) is 24.3 Å². The van der Waals surface area contributed by atoms with E-state index in [1.807, 2.05) is 0 Å². The fraction of sp³-hybridized carbons (Fsp3) is 0.500. The van der Waals surface area contributed by atoms with Crippen molar-refractivity contribution in [2.24, 2.45) is 11.7 Å². The van der Waals surface area contributed by atoms with E-state index in [1.165, 1.54) is 0 Å². The zero-order valence-electron chi connectivity index (χ0n) is 12.9. The summed E-state index contributed by atoms with van der Waals surface area (Å²) in [7, 11) is 0. The number of rotatable bonds is 6. The lowest BCUT2D eigenvalue weighted by Gasteiger charge is -2.26. The van der Waals surface area contributed by atoms with E-state index in [2.05, 4.69) is 10.6 Å². The molecule has 1 fully saturated rings. The number of carbonyl (C=O) groups is 2. The number of amides is 2. The van der Waals surface area contributed by atoms with Gasteiger partial charge >= 0.3 is 0 Å². The molecule has 6 nitrogen and oxygen atoms in total. The lowest BCUT2D eigenvalue weighted by molar-refractivity contribution is -0.124. The van der Waals surface area contributed by atoms with Crippen molar-refractivity contribution >= 4 is 23.4 Å². The van der Waals surface area contributed by atoms with Gasteiger partial charge in [0, 0.05) is 36.9 Å². The highest BCUT2D eigenvalue weighted by Gasteiger charge is 2.26. The Morgan fingerprint density at radius 3 is 2.43 bits per heavy atom. The normalized spacial score (nSPS) is 16.6. The predicted octanol–water partition coefficient (Wildman–Crippen LogP) is 0.940. The molecule has 1 aliphatic rings. The number of ether oxygens (including phenoxy) is 1. The molecule has 0 unspecified atom stereocenters. The van der Waals surface area contributed by atoms with E-state index in [0.717, 1.165) is 12.8 Å².